The lowest BCUT2D eigenvalue weighted by Crippen LogP contribution is -2.27. The van der Waals surface area contributed by atoms with Crippen LogP contribution in [0.15, 0.2) is 36.7 Å². The van der Waals surface area contributed by atoms with E-state index in [0.29, 0.717) is 0 Å². The highest BCUT2D eigenvalue weighted by molar-refractivity contribution is 5.68. The van der Waals surface area contributed by atoms with E-state index in [1.165, 1.54) is 0 Å². The fraction of sp³-hybridized carbons (Fsp3) is 0.357. The Balaban J connectivity index is 2.40. The molecule has 0 saturated carbocycles. The van der Waals surface area contributed by atoms with Crippen LogP contribution in [0, 0.1) is 5.41 Å². The second-order valence-corrected chi connectivity index (χ2v) is 5.24. The molecule has 2 heterocycles. The van der Waals surface area contributed by atoms with Crippen molar-refractivity contribution in [2.45, 2.75) is 26.2 Å². The third-order valence-corrected chi connectivity index (χ3v) is 3.25. The van der Waals surface area contributed by atoms with Crippen molar-refractivity contribution in [1.29, 1.82) is 0 Å². The van der Waals surface area contributed by atoms with Crippen molar-refractivity contribution in [2.75, 3.05) is 0 Å². The highest BCUT2D eigenvalue weighted by atomic mass is 16.4. The molecule has 18 heavy (non-hydrogen) atoms. The predicted octanol–water partition coefficient (Wildman–Crippen LogP) is 2.98. The van der Waals surface area contributed by atoms with Gasteiger partial charge in [-0.1, -0.05) is 13.8 Å². The van der Waals surface area contributed by atoms with E-state index in [9.17, 15) is 4.79 Å². The van der Waals surface area contributed by atoms with Gasteiger partial charge in [-0.25, -0.2) is 0 Å². The van der Waals surface area contributed by atoms with Crippen molar-refractivity contribution in [3.63, 3.8) is 0 Å². The molecule has 0 bridgehead atoms. The summed E-state index contributed by atoms with van der Waals surface area (Å²) < 4.78 is 0. The number of hydrogen-bond acceptors (Lipinski definition) is 1. The Morgan fingerprint density at radius 1 is 1.22 bits per heavy atom. The number of rotatable bonds is 5. The van der Waals surface area contributed by atoms with Gasteiger partial charge in [0.2, 0.25) is 0 Å². The van der Waals surface area contributed by atoms with Gasteiger partial charge in [-0.15, -0.1) is 0 Å². The first-order valence-electron chi connectivity index (χ1n) is 5.99. The molecule has 0 aliphatic carbocycles. The van der Waals surface area contributed by atoms with Gasteiger partial charge < -0.3 is 15.1 Å². The molecule has 2 aromatic rings. The molecule has 2 aromatic heterocycles. The van der Waals surface area contributed by atoms with Gasteiger partial charge in [-0.05, 0) is 29.7 Å². The topological polar surface area (TPSA) is 68.9 Å². The van der Waals surface area contributed by atoms with Crippen LogP contribution in [0.25, 0.3) is 0 Å². The van der Waals surface area contributed by atoms with Crippen LogP contribution in [0.4, 0.5) is 0 Å². The van der Waals surface area contributed by atoms with Crippen LogP contribution >= 0.6 is 0 Å². The Labute approximate surface area is 106 Å². The molecular weight excluding hydrogens is 228 g/mol. The van der Waals surface area contributed by atoms with Gasteiger partial charge in [0.15, 0.2) is 0 Å². The summed E-state index contributed by atoms with van der Waals surface area (Å²) in [7, 11) is 0. The first-order chi connectivity index (χ1) is 8.50. The summed E-state index contributed by atoms with van der Waals surface area (Å²) in [5.41, 5.74) is 1.69. The van der Waals surface area contributed by atoms with Gasteiger partial charge in [0, 0.05) is 29.7 Å². The number of carboxylic acid groups (broad SMARTS) is 1. The zero-order chi connectivity index (χ0) is 13.2. The maximum atomic E-state index is 11.0. The second kappa shape index (κ2) is 4.72. The quantitative estimate of drug-likeness (QED) is 0.759. The molecule has 0 aliphatic heterocycles. The normalized spacial score (nSPS) is 11.9. The average Bonchev–Trinajstić information content (AvgIpc) is 2.87. The minimum atomic E-state index is -0.775. The number of H-pyrrole nitrogens is 2. The Morgan fingerprint density at radius 2 is 1.72 bits per heavy atom. The molecule has 4 nitrogen and oxygen atoms in total. The van der Waals surface area contributed by atoms with Crippen LogP contribution in [-0.2, 0) is 4.79 Å². The van der Waals surface area contributed by atoms with Crippen LogP contribution in [0.1, 0.15) is 37.6 Å². The van der Waals surface area contributed by atoms with E-state index in [1.807, 2.05) is 50.5 Å². The molecule has 3 N–H and O–H groups in total. The molecule has 4 heteroatoms. The highest BCUT2D eigenvalue weighted by Gasteiger charge is 2.35. The molecule has 0 fully saturated rings. The molecule has 0 aliphatic rings. The standard InChI is InChI=1S/C14H18N2O2/c1-14(2,9-12(17)18)13(10-5-3-7-15-10)11-6-4-8-16-11/h3-8,13,15-16H,9H2,1-2H3,(H,17,18). The molecular formula is C14H18N2O2. The summed E-state index contributed by atoms with van der Waals surface area (Å²) in [6.07, 6.45) is 3.85. The van der Waals surface area contributed by atoms with E-state index < -0.39 is 5.97 Å². The highest BCUT2D eigenvalue weighted by Crippen LogP contribution is 2.41. The lowest BCUT2D eigenvalue weighted by Gasteiger charge is -2.32. The van der Waals surface area contributed by atoms with E-state index in [2.05, 4.69) is 9.97 Å². The van der Waals surface area contributed by atoms with E-state index in [0.717, 1.165) is 11.4 Å². The van der Waals surface area contributed by atoms with Crippen LogP contribution in [0.5, 0.6) is 0 Å². The molecule has 0 radical (unpaired) electrons. The Hall–Kier alpha value is -1.97. The summed E-state index contributed by atoms with van der Waals surface area (Å²) >= 11 is 0. The Morgan fingerprint density at radius 3 is 2.06 bits per heavy atom. The van der Waals surface area contributed by atoms with Gasteiger partial charge in [-0.2, -0.15) is 0 Å². The third-order valence-electron chi connectivity index (χ3n) is 3.25. The van der Waals surface area contributed by atoms with E-state index in [4.69, 9.17) is 5.11 Å². The number of carboxylic acids is 1. The minimum Gasteiger partial charge on any atom is -0.481 e. The zero-order valence-corrected chi connectivity index (χ0v) is 10.6. The number of carbonyl (C=O) groups is 1. The second-order valence-electron chi connectivity index (χ2n) is 5.24. The van der Waals surface area contributed by atoms with Crippen molar-refractivity contribution in [3.05, 3.63) is 48.0 Å². The summed E-state index contributed by atoms with van der Waals surface area (Å²) in [5.74, 6) is -0.762. The maximum absolute atomic E-state index is 11.0. The molecule has 2 rings (SSSR count). The van der Waals surface area contributed by atoms with E-state index >= 15 is 0 Å². The SMILES string of the molecule is CC(C)(CC(=O)O)C(c1ccc[nH]1)c1ccc[nH]1. The van der Waals surface area contributed by atoms with E-state index in [1.54, 1.807) is 0 Å². The van der Waals surface area contributed by atoms with Crippen LogP contribution < -0.4 is 0 Å². The summed E-state index contributed by atoms with van der Waals surface area (Å²) in [5, 5.41) is 9.07. The first kappa shape index (κ1) is 12.5. The smallest absolute Gasteiger partial charge is 0.303 e. The predicted molar refractivity (Wildman–Crippen MR) is 69.5 cm³/mol. The van der Waals surface area contributed by atoms with Crippen LogP contribution in [0.3, 0.4) is 0 Å². The Kier molecular flexibility index (Phi) is 3.28. The molecule has 0 amide bonds. The maximum Gasteiger partial charge on any atom is 0.303 e. The van der Waals surface area contributed by atoms with Gasteiger partial charge >= 0.3 is 5.97 Å². The molecule has 0 unspecified atom stereocenters. The average molecular weight is 246 g/mol. The molecule has 0 saturated heterocycles. The van der Waals surface area contributed by atoms with Crippen molar-refractivity contribution >= 4 is 5.97 Å². The first-order valence-corrected chi connectivity index (χ1v) is 5.99. The molecule has 0 aromatic carbocycles. The minimum absolute atomic E-state index is 0.0126. The Bertz CT molecular complexity index is 464. The lowest BCUT2D eigenvalue weighted by molar-refractivity contribution is -0.139. The van der Waals surface area contributed by atoms with Crippen LogP contribution in [0.2, 0.25) is 0 Å². The van der Waals surface area contributed by atoms with Crippen molar-refractivity contribution in [1.82, 2.24) is 9.97 Å². The summed E-state index contributed by atoms with van der Waals surface area (Å²) in [6, 6.07) is 7.86. The number of aromatic nitrogens is 2. The number of aliphatic carboxylic acids is 1. The lowest BCUT2D eigenvalue weighted by atomic mass is 9.73. The van der Waals surface area contributed by atoms with Crippen molar-refractivity contribution in [2.24, 2.45) is 5.41 Å². The van der Waals surface area contributed by atoms with Gasteiger partial charge in [0.05, 0.1) is 6.42 Å². The van der Waals surface area contributed by atoms with E-state index in [-0.39, 0.29) is 17.8 Å². The summed E-state index contributed by atoms with van der Waals surface area (Å²) in [4.78, 5) is 17.4. The number of aromatic amines is 2. The van der Waals surface area contributed by atoms with Crippen LogP contribution in [-0.4, -0.2) is 21.0 Å². The largest absolute Gasteiger partial charge is 0.481 e. The van der Waals surface area contributed by atoms with Gasteiger partial charge in [0.1, 0.15) is 0 Å². The monoisotopic (exact) mass is 246 g/mol. The molecule has 96 valence electrons. The third kappa shape index (κ3) is 2.47. The molecule has 0 atom stereocenters. The zero-order valence-electron chi connectivity index (χ0n) is 10.6. The fourth-order valence-electron chi connectivity index (χ4n) is 2.55. The number of hydrogen-bond donors (Lipinski definition) is 3. The van der Waals surface area contributed by atoms with Crippen molar-refractivity contribution in [3.8, 4) is 0 Å². The van der Waals surface area contributed by atoms with Gasteiger partial charge in [-0.3, -0.25) is 4.79 Å². The molecule has 0 spiro atoms. The van der Waals surface area contributed by atoms with Gasteiger partial charge in [0.25, 0.3) is 0 Å². The van der Waals surface area contributed by atoms with Crippen molar-refractivity contribution < 1.29 is 9.90 Å². The summed E-state index contributed by atoms with van der Waals surface area (Å²) in [6.45, 7) is 3.96. The number of nitrogens with one attached hydrogen (secondary N) is 2. The fourth-order valence-corrected chi connectivity index (χ4v) is 2.55.